The van der Waals surface area contributed by atoms with E-state index >= 15 is 0 Å². The van der Waals surface area contributed by atoms with Gasteiger partial charge in [0.1, 0.15) is 5.82 Å². The highest BCUT2D eigenvalue weighted by Gasteiger charge is 2.26. The highest BCUT2D eigenvalue weighted by atomic mass is 32.1. The van der Waals surface area contributed by atoms with Crippen LogP contribution in [-0.2, 0) is 0 Å². The summed E-state index contributed by atoms with van der Waals surface area (Å²) in [6.45, 7) is 5.68. The molecule has 1 aromatic heterocycles. The number of nitrogens with zero attached hydrogens (tertiary/aromatic N) is 4. The zero-order chi connectivity index (χ0) is 19.5. The summed E-state index contributed by atoms with van der Waals surface area (Å²) >= 11 is 6.74. The lowest BCUT2D eigenvalue weighted by Crippen LogP contribution is -2.47. The molecule has 2 aliphatic rings. The van der Waals surface area contributed by atoms with Gasteiger partial charge >= 0.3 is 0 Å². The van der Waals surface area contributed by atoms with Gasteiger partial charge in [-0.15, -0.1) is 0 Å². The van der Waals surface area contributed by atoms with Gasteiger partial charge < -0.3 is 15.5 Å². The van der Waals surface area contributed by atoms with E-state index in [1.165, 1.54) is 54.6 Å². The maximum absolute atomic E-state index is 5.78. The molecule has 2 N–H and O–H groups in total. The van der Waals surface area contributed by atoms with Crippen LogP contribution in [0.2, 0.25) is 0 Å². The van der Waals surface area contributed by atoms with Gasteiger partial charge in [-0.05, 0) is 80.4 Å². The average Bonchev–Trinajstić information content (AvgIpc) is 3.16. The number of benzene rings is 1. The number of fused-ring (bicyclic) bond motifs is 1. The molecule has 4 rings (SSSR count). The monoisotopic (exact) mass is 417 g/mol. The molecule has 2 heterocycles. The molecule has 152 valence electrons. The van der Waals surface area contributed by atoms with E-state index in [4.69, 9.17) is 22.3 Å². The van der Waals surface area contributed by atoms with Crippen molar-refractivity contribution in [3.8, 4) is 0 Å². The van der Waals surface area contributed by atoms with Gasteiger partial charge in [0.15, 0.2) is 5.11 Å². The number of hydrogen-bond donors (Lipinski definition) is 1. The Kier molecular flexibility index (Phi) is 6.33. The Labute approximate surface area is 177 Å². The Bertz CT molecular complexity index is 791. The third kappa shape index (κ3) is 4.42. The fourth-order valence-electron chi connectivity index (χ4n) is 4.65. The number of nitrogens with two attached hydrogens (primary N) is 1. The second-order valence-corrected chi connectivity index (χ2v) is 9.47. The molecule has 0 amide bonds. The van der Waals surface area contributed by atoms with Crippen molar-refractivity contribution in [3.63, 3.8) is 0 Å². The number of thiocarbonyl (C=S) groups is 1. The molecule has 0 radical (unpaired) electrons. The fraction of sp³-hybridized carbons (Fsp3) is 0.619. The zero-order valence-electron chi connectivity index (χ0n) is 16.7. The van der Waals surface area contributed by atoms with E-state index in [-0.39, 0.29) is 0 Å². The molecule has 7 heteroatoms. The normalized spacial score (nSPS) is 23.8. The molecule has 2 aromatic rings. The second kappa shape index (κ2) is 8.93. The molecule has 0 unspecified atom stereocenters. The molecule has 1 aliphatic carbocycles. The molecule has 1 saturated carbocycles. The largest absolute Gasteiger partial charge is 0.376 e. The summed E-state index contributed by atoms with van der Waals surface area (Å²) in [6.07, 6.45) is 6.39. The third-order valence-corrected chi connectivity index (χ3v) is 7.70. The Morgan fingerprint density at radius 2 is 1.89 bits per heavy atom. The van der Waals surface area contributed by atoms with Crippen LogP contribution in [0.25, 0.3) is 10.1 Å². The maximum Gasteiger partial charge on any atom is 0.166 e. The van der Waals surface area contributed by atoms with Gasteiger partial charge in [-0.2, -0.15) is 4.37 Å². The molecule has 0 bridgehead atoms. The van der Waals surface area contributed by atoms with Crippen molar-refractivity contribution >= 4 is 44.8 Å². The smallest absolute Gasteiger partial charge is 0.166 e. The first kappa shape index (κ1) is 19.9. The number of hydrogen-bond acceptors (Lipinski definition) is 5. The first-order chi connectivity index (χ1) is 13.6. The second-order valence-electron chi connectivity index (χ2n) is 8.24. The summed E-state index contributed by atoms with van der Waals surface area (Å²) in [5, 5.41) is 1.84. The van der Waals surface area contributed by atoms with Crippen LogP contribution in [0.4, 0.5) is 5.82 Å². The molecular formula is C21H31N5S2. The maximum atomic E-state index is 5.78. The van der Waals surface area contributed by atoms with Crippen molar-refractivity contribution in [2.24, 2.45) is 11.7 Å². The van der Waals surface area contributed by atoms with E-state index in [1.807, 2.05) is 7.05 Å². The van der Waals surface area contributed by atoms with E-state index in [2.05, 4.69) is 39.0 Å². The number of aromatic nitrogens is 1. The lowest BCUT2D eigenvalue weighted by atomic mass is 9.83. The zero-order valence-corrected chi connectivity index (χ0v) is 18.4. The van der Waals surface area contributed by atoms with Crippen molar-refractivity contribution in [2.75, 3.05) is 44.7 Å². The van der Waals surface area contributed by atoms with Crippen LogP contribution in [0.3, 0.4) is 0 Å². The average molecular weight is 418 g/mol. The molecule has 2 fully saturated rings. The van der Waals surface area contributed by atoms with Crippen LogP contribution in [0.5, 0.6) is 0 Å². The molecule has 28 heavy (non-hydrogen) atoms. The summed E-state index contributed by atoms with van der Waals surface area (Å²) in [6, 6.07) is 9.12. The van der Waals surface area contributed by atoms with Crippen LogP contribution >= 0.6 is 23.8 Å². The van der Waals surface area contributed by atoms with E-state index in [9.17, 15) is 0 Å². The Morgan fingerprint density at radius 1 is 1.18 bits per heavy atom. The highest BCUT2D eigenvalue weighted by Crippen LogP contribution is 2.31. The predicted octanol–water partition coefficient (Wildman–Crippen LogP) is 3.54. The Balaban J connectivity index is 1.21. The van der Waals surface area contributed by atoms with E-state index in [0.717, 1.165) is 32.1 Å². The third-order valence-electron chi connectivity index (χ3n) is 6.60. The van der Waals surface area contributed by atoms with E-state index in [1.54, 1.807) is 11.5 Å². The summed E-state index contributed by atoms with van der Waals surface area (Å²) in [7, 11) is 2.04. The number of piperazine rings is 1. The molecule has 1 saturated heterocycles. The lowest BCUT2D eigenvalue weighted by Gasteiger charge is -2.37. The summed E-state index contributed by atoms with van der Waals surface area (Å²) in [4.78, 5) is 7.19. The molecule has 0 atom stereocenters. The van der Waals surface area contributed by atoms with E-state index in [0.29, 0.717) is 11.2 Å². The SMILES string of the molecule is CN(C(N)=S)C1CCC(CCN2CCN(c3nsc4ccccc34)CC2)CC1. The predicted molar refractivity (Wildman–Crippen MR) is 123 cm³/mol. The summed E-state index contributed by atoms with van der Waals surface area (Å²) < 4.78 is 6.01. The molecule has 5 nitrogen and oxygen atoms in total. The van der Waals surface area contributed by atoms with Gasteiger partial charge in [0.2, 0.25) is 0 Å². The van der Waals surface area contributed by atoms with Gasteiger partial charge in [0.05, 0.1) is 4.70 Å². The number of rotatable bonds is 5. The Hall–Kier alpha value is -1.44. The van der Waals surface area contributed by atoms with Crippen molar-refractivity contribution in [3.05, 3.63) is 24.3 Å². The van der Waals surface area contributed by atoms with Crippen molar-refractivity contribution in [1.82, 2.24) is 14.2 Å². The van der Waals surface area contributed by atoms with Gasteiger partial charge in [-0.1, -0.05) is 12.1 Å². The molecule has 0 spiro atoms. The van der Waals surface area contributed by atoms with Crippen LogP contribution in [0, 0.1) is 5.92 Å². The Morgan fingerprint density at radius 3 is 2.61 bits per heavy atom. The molecular weight excluding hydrogens is 386 g/mol. The first-order valence-electron chi connectivity index (χ1n) is 10.5. The van der Waals surface area contributed by atoms with Gasteiger partial charge in [-0.3, -0.25) is 4.90 Å². The van der Waals surface area contributed by atoms with Crippen molar-refractivity contribution in [2.45, 2.75) is 38.1 Å². The minimum atomic E-state index is 0.536. The van der Waals surface area contributed by atoms with Crippen LogP contribution in [0.1, 0.15) is 32.1 Å². The van der Waals surface area contributed by atoms with Gasteiger partial charge in [0, 0.05) is 44.7 Å². The topological polar surface area (TPSA) is 48.6 Å². The standard InChI is InChI=1S/C21H31N5S2/c1-24(21(22)27)17-8-6-16(7-9-17)10-11-25-12-14-26(15-13-25)20-18-4-2-3-5-19(18)28-23-20/h2-5,16-17H,6-15H2,1H3,(H2,22,27). The summed E-state index contributed by atoms with van der Waals surface area (Å²) in [5.41, 5.74) is 5.78. The van der Waals surface area contributed by atoms with Crippen molar-refractivity contribution in [1.29, 1.82) is 0 Å². The van der Waals surface area contributed by atoms with E-state index < -0.39 is 0 Å². The van der Waals surface area contributed by atoms with Crippen LogP contribution in [0.15, 0.2) is 24.3 Å². The number of anilines is 1. The van der Waals surface area contributed by atoms with Crippen molar-refractivity contribution < 1.29 is 0 Å². The van der Waals surface area contributed by atoms with Gasteiger partial charge in [0.25, 0.3) is 0 Å². The molecule has 1 aromatic carbocycles. The quantitative estimate of drug-likeness (QED) is 0.751. The minimum absolute atomic E-state index is 0.536. The summed E-state index contributed by atoms with van der Waals surface area (Å²) in [5.74, 6) is 2.04. The minimum Gasteiger partial charge on any atom is -0.376 e. The molecule has 1 aliphatic heterocycles. The lowest BCUT2D eigenvalue weighted by molar-refractivity contribution is 0.190. The van der Waals surface area contributed by atoms with Crippen LogP contribution < -0.4 is 10.6 Å². The van der Waals surface area contributed by atoms with Crippen LogP contribution in [-0.4, -0.2) is 65.1 Å². The van der Waals surface area contributed by atoms with Gasteiger partial charge in [-0.25, -0.2) is 0 Å². The fourth-order valence-corrected chi connectivity index (χ4v) is 5.59. The first-order valence-corrected chi connectivity index (χ1v) is 11.6. The highest BCUT2D eigenvalue weighted by molar-refractivity contribution is 7.80.